The Bertz CT molecular complexity index is 523. The molecule has 28 heavy (non-hydrogen) atoms. The molecule has 0 aromatic heterocycles. The van der Waals surface area contributed by atoms with Crippen molar-refractivity contribution < 1.29 is 14.2 Å². The van der Waals surface area contributed by atoms with Crippen LogP contribution in [-0.2, 0) is 14.2 Å². The molecule has 2 aliphatic heterocycles. The summed E-state index contributed by atoms with van der Waals surface area (Å²) in [7, 11) is 1.91. The molecule has 2 saturated carbocycles. The van der Waals surface area contributed by atoms with Crippen molar-refractivity contribution in [3.05, 3.63) is 0 Å². The molecule has 4 fully saturated rings. The van der Waals surface area contributed by atoms with Gasteiger partial charge < -0.3 is 24.4 Å². The molecule has 2 saturated heterocycles. The highest BCUT2D eigenvalue weighted by atomic mass is 16.5. The third-order valence-electron chi connectivity index (χ3n) is 7.49. The molecule has 3 atom stereocenters. The van der Waals surface area contributed by atoms with Crippen LogP contribution in [0.4, 0.5) is 0 Å². The number of hydrogen-bond donors (Lipinski definition) is 1. The third kappa shape index (κ3) is 4.19. The Morgan fingerprint density at radius 3 is 2.57 bits per heavy atom. The van der Waals surface area contributed by atoms with Gasteiger partial charge in [-0.3, -0.25) is 4.99 Å². The van der Waals surface area contributed by atoms with E-state index in [1.165, 1.54) is 32.1 Å². The Labute approximate surface area is 170 Å². The SMILES string of the molecule is CCOC1CC(NC(=NC)N2CCC(OCC3CCCCO3)CC2)C12CCC2. The standard InChI is InChI=1S/C22H39N3O3/c1-3-26-20-15-19(22(20)10-6-11-22)24-21(23-2)25-12-8-17(9-13-25)28-16-18-7-4-5-14-27-18/h17-20H,3-16H2,1-2H3,(H,23,24). The van der Waals surface area contributed by atoms with E-state index in [-0.39, 0.29) is 0 Å². The number of nitrogens with one attached hydrogen (secondary N) is 1. The molecule has 6 heteroatoms. The number of nitrogens with zero attached hydrogens (tertiary/aromatic N) is 2. The van der Waals surface area contributed by atoms with Crippen molar-refractivity contribution in [3.8, 4) is 0 Å². The number of aliphatic imine (C=N–C) groups is 1. The molecule has 0 aromatic rings. The van der Waals surface area contributed by atoms with Crippen molar-refractivity contribution >= 4 is 5.96 Å². The number of likely N-dealkylation sites (tertiary alicyclic amines) is 1. The van der Waals surface area contributed by atoms with Gasteiger partial charge in [0.25, 0.3) is 0 Å². The minimum atomic E-state index is 0.316. The van der Waals surface area contributed by atoms with Crippen LogP contribution in [0, 0.1) is 5.41 Å². The summed E-state index contributed by atoms with van der Waals surface area (Å²) in [5.41, 5.74) is 0.368. The van der Waals surface area contributed by atoms with Crippen molar-refractivity contribution in [1.29, 1.82) is 0 Å². The zero-order chi connectivity index (χ0) is 19.4. The smallest absolute Gasteiger partial charge is 0.193 e. The lowest BCUT2D eigenvalue weighted by molar-refractivity contribution is -0.169. The van der Waals surface area contributed by atoms with Gasteiger partial charge in [0, 0.05) is 44.8 Å². The second kappa shape index (κ2) is 9.31. The van der Waals surface area contributed by atoms with Gasteiger partial charge in [0.05, 0.1) is 24.9 Å². The predicted octanol–water partition coefficient (Wildman–Crippen LogP) is 2.96. The van der Waals surface area contributed by atoms with Crippen LogP contribution in [0.1, 0.15) is 64.7 Å². The maximum atomic E-state index is 6.17. The van der Waals surface area contributed by atoms with Crippen molar-refractivity contribution in [2.24, 2.45) is 10.4 Å². The highest BCUT2D eigenvalue weighted by Crippen LogP contribution is 2.57. The normalized spacial score (nSPS) is 33.4. The molecule has 1 spiro atoms. The number of rotatable bonds is 6. The van der Waals surface area contributed by atoms with E-state index in [0.29, 0.717) is 29.8 Å². The summed E-state index contributed by atoms with van der Waals surface area (Å²) < 4.78 is 18.0. The molecular formula is C22H39N3O3. The quantitative estimate of drug-likeness (QED) is 0.555. The monoisotopic (exact) mass is 393 g/mol. The summed E-state index contributed by atoms with van der Waals surface area (Å²) in [6.45, 7) is 6.64. The highest BCUT2D eigenvalue weighted by Gasteiger charge is 2.59. The predicted molar refractivity (Wildman–Crippen MR) is 111 cm³/mol. The van der Waals surface area contributed by atoms with E-state index in [9.17, 15) is 0 Å². The highest BCUT2D eigenvalue weighted by molar-refractivity contribution is 5.80. The van der Waals surface area contributed by atoms with Crippen LogP contribution < -0.4 is 5.32 Å². The van der Waals surface area contributed by atoms with Crippen molar-refractivity contribution in [2.75, 3.05) is 40.0 Å². The molecule has 4 aliphatic rings. The maximum absolute atomic E-state index is 6.17. The lowest BCUT2D eigenvalue weighted by atomic mass is 9.51. The Balaban J connectivity index is 1.21. The van der Waals surface area contributed by atoms with Crippen molar-refractivity contribution in [3.63, 3.8) is 0 Å². The number of piperidine rings is 1. The lowest BCUT2D eigenvalue weighted by Crippen LogP contribution is -2.69. The molecule has 3 unspecified atom stereocenters. The molecule has 160 valence electrons. The first-order chi connectivity index (χ1) is 13.7. The topological polar surface area (TPSA) is 55.3 Å². The van der Waals surface area contributed by atoms with Crippen LogP contribution in [0.3, 0.4) is 0 Å². The van der Waals surface area contributed by atoms with Gasteiger partial charge in [-0.1, -0.05) is 6.42 Å². The molecule has 0 aromatic carbocycles. The summed E-state index contributed by atoms with van der Waals surface area (Å²) in [6, 6.07) is 0.522. The minimum Gasteiger partial charge on any atom is -0.378 e. The van der Waals surface area contributed by atoms with Gasteiger partial charge in [0.2, 0.25) is 0 Å². The molecule has 0 radical (unpaired) electrons. The van der Waals surface area contributed by atoms with Gasteiger partial charge in [0.15, 0.2) is 5.96 Å². The van der Waals surface area contributed by atoms with E-state index in [4.69, 9.17) is 14.2 Å². The number of guanidine groups is 1. The van der Waals surface area contributed by atoms with Crippen LogP contribution in [-0.4, -0.2) is 75.2 Å². The van der Waals surface area contributed by atoms with E-state index < -0.39 is 0 Å². The van der Waals surface area contributed by atoms with Gasteiger partial charge in [-0.25, -0.2) is 0 Å². The average molecular weight is 394 g/mol. The minimum absolute atomic E-state index is 0.316. The fourth-order valence-electron chi connectivity index (χ4n) is 5.51. The first-order valence-electron chi connectivity index (χ1n) is 11.6. The fraction of sp³-hybridized carbons (Fsp3) is 0.955. The van der Waals surface area contributed by atoms with Crippen LogP contribution >= 0.6 is 0 Å². The Morgan fingerprint density at radius 2 is 1.96 bits per heavy atom. The van der Waals surface area contributed by atoms with Gasteiger partial charge in [0.1, 0.15) is 0 Å². The summed E-state index contributed by atoms with van der Waals surface area (Å²) >= 11 is 0. The lowest BCUT2D eigenvalue weighted by Gasteiger charge is -2.61. The van der Waals surface area contributed by atoms with E-state index >= 15 is 0 Å². The van der Waals surface area contributed by atoms with Crippen molar-refractivity contribution in [2.45, 2.75) is 89.1 Å². The maximum Gasteiger partial charge on any atom is 0.193 e. The van der Waals surface area contributed by atoms with E-state index in [2.05, 4.69) is 22.1 Å². The first kappa shape index (κ1) is 20.4. The Kier molecular flexibility index (Phi) is 6.79. The molecule has 1 N–H and O–H groups in total. The fourth-order valence-corrected chi connectivity index (χ4v) is 5.51. The largest absolute Gasteiger partial charge is 0.378 e. The van der Waals surface area contributed by atoms with Gasteiger partial charge in [-0.2, -0.15) is 0 Å². The van der Waals surface area contributed by atoms with Gasteiger partial charge in [-0.05, 0) is 58.3 Å². The zero-order valence-corrected chi connectivity index (χ0v) is 17.8. The first-order valence-corrected chi connectivity index (χ1v) is 11.6. The summed E-state index contributed by atoms with van der Waals surface area (Å²) in [4.78, 5) is 7.02. The van der Waals surface area contributed by atoms with Crippen LogP contribution in [0.15, 0.2) is 4.99 Å². The van der Waals surface area contributed by atoms with E-state index in [1.54, 1.807) is 0 Å². The van der Waals surface area contributed by atoms with E-state index in [0.717, 1.165) is 64.6 Å². The Hall–Kier alpha value is -0.850. The second-order valence-electron chi connectivity index (χ2n) is 9.02. The average Bonchev–Trinajstić information content (AvgIpc) is 2.69. The van der Waals surface area contributed by atoms with Crippen LogP contribution in [0.25, 0.3) is 0 Å². The van der Waals surface area contributed by atoms with Crippen LogP contribution in [0.2, 0.25) is 0 Å². The zero-order valence-electron chi connectivity index (χ0n) is 17.8. The number of ether oxygens (including phenoxy) is 3. The Morgan fingerprint density at radius 1 is 1.14 bits per heavy atom. The van der Waals surface area contributed by atoms with Crippen LogP contribution in [0.5, 0.6) is 0 Å². The molecular weight excluding hydrogens is 354 g/mol. The molecule has 2 aliphatic carbocycles. The molecule has 2 heterocycles. The second-order valence-corrected chi connectivity index (χ2v) is 9.02. The van der Waals surface area contributed by atoms with Gasteiger partial charge >= 0.3 is 0 Å². The van der Waals surface area contributed by atoms with E-state index in [1.807, 2.05) is 7.05 Å². The molecule has 0 bridgehead atoms. The summed E-state index contributed by atoms with van der Waals surface area (Å²) in [5, 5.41) is 3.79. The third-order valence-corrected chi connectivity index (χ3v) is 7.49. The summed E-state index contributed by atoms with van der Waals surface area (Å²) in [6.07, 6.45) is 12.0. The summed E-state index contributed by atoms with van der Waals surface area (Å²) in [5.74, 6) is 1.07. The van der Waals surface area contributed by atoms with Crippen molar-refractivity contribution in [1.82, 2.24) is 10.2 Å². The molecule has 0 amide bonds. The molecule has 6 nitrogen and oxygen atoms in total. The van der Waals surface area contributed by atoms with Gasteiger partial charge in [-0.15, -0.1) is 0 Å². The number of hydrogen-bond acceptors (Lipinski definition) is 4. The molecule has 4 rings (SSSR count).